The van der Waals surface area contributed by atoms with Crippen LogP contribution >= 0.6 is 23.1 Å². The molecule has 2 aromatic heterocycles. The van der Waals surface area contributed by atoms with Crippen LogP contribution in [-0.4, -0.2) is 15.7 Å². The number of fused-ring (bicyclic) bond motifs is 1. The van der Waals surface area contributed by atoms with Gasteiger partial charge < -0.3 is 0 Å². The van der Waals surface area contributed by atoms with E-state index < -0.39 is 0 Å². The molecule has 0 bridgehead atoms. The van der Waals surface area contributed by atoms with Crippen molar-refractivity contribution in [3.63, 3.8) is 0 Å². The first-order chi connectivity index (χ1) is 7.35. The van der Waals surface area contributed by atoms with Crippen molar-refractivity contribution in [2.75, 3.05) is 11.2 Å². The summed E-state index contributed by atoms with van der Waals surface area (Å²) in [6.07, 6.45) is 1.13. The number of nitrogens with two attached hydrogens (primary N) is 1. The van der Waals surface area contributed by atoms with Crippen LogP contribution in [0.5, 0.6) is 0 Å². The van der Waals surface area contributed by atoms with Gasteiger partial charge in [-0.15, -0.1) is 23.1 Å². The second-order valence-corrected chi connectivity index (χ2v) is 4.96. The van der Waals surface area contributed by atoms with Crippen molar-refractivity contribution in [3.05, 3.63) is 11.4 Å². The molecule has 4 nitrogen and oxygen atoms in total. The molecule has 0 amide bonds. The molecule has 0 fully saturated rings. The van der Waals surface area contributed by atoms with E-state index in [1.54, 1.807) is 23.1 Å². The highest BCUT2D eigenvalue weighted by Gasteiger charge is 2.08. The zero-order valence-electron chi connectivity index (χ0n) is 8.36. The zero-order valence-corrected chi connectivity index (χ0v) is 9.99. The van der Waals surface area contributed by atoms with E-state index in [-0.39, 0.29) is 0 Å². The molecular formula is C9H12N4S2. The monoisotopic (exact) mass is 240 g/mol. The number of nitrogens with one attached hydrogen (secondary N) is 1. The van der Waals surface area contributed by atoms with Gasteiger partial charge in [0.15, 0.2) is 0 Å². The van der Waals surface area contributed by atoms with E-state index in [2.05, 4.69) is 28.4 Å². The molecule has 2 rings (SSSR count). The highest BCUT2D eigenvalue weighted by atomic mass is 32.2. The van der Waals surface area contributed by atoms with E-state index in [1.165, 1.54) is 0 Å². The number of thioether (sulfide) groups is 1. The van der Waals surface area contributed by atoms with Crippen LogP contribution in [0.1, 0.15) is 13.3 Å². The van der Waals surface area contributed by atoms with E-state index in [0.29, 0.717) is 5.95 Å². The Morgan fingerprint density at radius 3 is 3.13 bits per heavy atom. The Kier molecular flexibility index (Phi) is 3.40. The number of nitrogen functional groups attached to an aromatic ring is 1. The number of aromatic nitrogens is 2. The number of hydrazine groups is 1. The number of thiophene rings is 1. The van der Waals surface area contributed by atoms with Gasteiger partial charge in [-0.2, -0.15) is 0 Å². The highest BCUT2D eigenvalue weighted by molar-refractivity contribution is 7.99. The Bertz CT molecular complexity index is 454. The van der Waals surface area contributed by atoms with Crippen LogP contribution in [-0.2, 0) is 0 Å². The van der Waals surface area contributed by atoms with Crippen LogP contribution in [0.25, 0.3) is 10.2 Å². The molecule has 0 saturated heterocycles. The summed E-state index contributed by atoms with van der Waals surface area (Å²) in [5, 5.41) is 4.16. The minimum Gasteiger partial charge on any atom is -0.292 e. The molecule has 0 unspecified atom stereocenters. The Morgan fingerprint density at radius 1 is 1.53 bits per heavy atom. The minimum atomic E-state index is 0.489. The molecule has 2 aromatic rings. The minimum absolute atomic E-state index is 0.489. The molecule has 0 aliphatic heterocycles. The molecule has 6 heteroatoms. The fourth-order valence-corrected chi connectivity index (χ4v) is 2.90. The first-order valence-corrected chi connectivity index (χ1v) is 6.56. The van der Waals surface area contributed by atoms with Crippen molar-refractivity contribution >= 4 is 39.3 Å². The number of anilines is 1. The molecule has 0 saturated carbocycles. The smallest absolute Gasteiger partial charge is 0.239 e. The largest absolute Gasteiger partial charge is 0.292 e. The lowest BCUT2D eigenvalue weighted by Gasteiger charge is -2.03. The number of hydrogen-bond donors (Lipinski definition) is 2. The topological polar surface area (TPSA) is 63.8 Å². The van der Waals surface area contributed by atoms with Crippen molar-refractivity contribution < 1.29 is 0 Å². The number of nitrogens with zero attached hydrogens (tertiary/aromatic N) is 2. The van der Waals surface area contributed by atoms with Crippen LogP contribution in [0.3, 0.4) is 0 Å². The predicted molar refractivity (Wildman–Crippen MR) is 66.2 cm³/mol. The van der Waals surface area contributed by atoms with Crippen molar-refractivity contribution in [2.24, 2.45) is 5.84 Å². The van der Waals surface area contributed by atoms with E-state index in [1.807, 2.05) is 5.38 Å². The van der Waals surface area contributed by atoms with Gasteiger partial charge in [-0.1, -0.05) is 6.92 Å². The van der Waals surface area contributed by atoms with Gasteiger partial charge >= 0.3 is 0 Å². The fraction of sp³-hybridized carbons (Fsp3) is 0.333. The Balaban J connectivity index is 2.43. The Hall–Kier alpha value is -0.850. The Morgan fingerprint density at radius 2 is 2.40 bits per heavy atom. The van der Waals surface area contributed by atoms with Gasteiger partial charge in [0.2, 0.25) is 5.95 Å². The van der Waals surface area contributed by atoms with Gasteiger partial charge in [0, 0.05) is 5.39 Å². The summed E-state index contributed by atoms with van der Waals surface area (Å²) in [5.41, 5.74) is 2.50. The highest BCUT2D eigenvalue weighted by Crippen LogP contribution is 2.29. The number of rotatable bonds is 4. The van der Waals surface area contributed by atoms with Crippen molar-refractivity contribution in [3.8, 4) is 0 Å². The molecule has 0 aliphatic carbocycles. The lowest BCUT2D eigenvalue weighted by Crippen LogP contribution is -2.10. The molecule has 2 heterocycles. The molecule has 0 aliphatic rings. The molecular weight excluding hydrogens is 228 g/mol. The van der Waals surface area contributed by atoms with Crippen LogP contribution in [0.2, 0.25) is 0 Å². The lowest BCUT2D eigenvalue weighted by atomic mass is 10.4. The maximum atomic E-state index is 5.33. The first-order valence-electron chi connectivity index (χ1n) is 4.69. The van der Waals surface area contributed by atoms with Gasteiger partial charge in [-0.05, 0) is 23.6 Å². The van der Waals surface area contributed by atoms with Crippen molar-refractivity contribution in [1.82, 2.24) is 9.97 Å². The summed E-state index contributed by atoms with van der Waals surface area (Å²) in [6, 6.07) is 2.05. The summed E-state index contributed by atoms with van der Waals surface area (Å²) in [6.45, 7) is 2.15. The maximum Gasteiger partial charge on any atom is 0.239 e. The summed E-state index contributed by atoms with van der Waals surface area (Å²) >= 11 is 3.35. The number of hydrogen-bond acceptors (Lipinski definition) is 6. The van der Waals surface area contributed by atoms with Gasteiger partial charge in [0.05, 0.1) is 0 Å². The zero-order chi connectivity index (χ0) is 10.7. The third-order valence-corrected chi connectivity index (χ3v) is 3.87. The average molecular weight is 240 g/mol. The summed E-state index contributed by atoms with van der Waals surface area (Å²) in [7, 11) is 0. The average Bonchev–Trinajstić information content (AvgIpc) is 2.73. The summed E-state index contributed by atoms with van der Waals surface area (Å²) in [4.78, 5) is 9.61. The quantitative estimate of drug-likeness (QED) is 0.372. The summed E-state index contributed by atoms with van der Waals surface area (Å²) in [5.74, 6) is 6.88. The summed E-state index contributed by atoms with van der Waals surface area (Å²) < 4.78 is 0. The van der Waals surface area contributed by atoms with E-state index >= 15 is 0 Å². The third-order valence-electron chi connectivity index (χ3n) is 1.86. The maximum absolute atomic E-state index is 5.33. The van der Waals surface area contributed by atoms with E-state index in [9.17, 15) is 0 Å². The Labute approximate surface area is 96.3 Å². The molecule has 15 heavy (non-hydrogen) atoms. The third kappa shape index (κ3) is 2.22. The van der Waals surface area contributed by atoms with Crippen LogP contribution in [0.4, 0.5) is 5.95 Å². The second kappa shape index (κ2) is 4.78. The fourth-order valence-electron chi connectivity index (χ4n) is 1.20. The van der Waals surface area contributed by atoms with Gasteiger partial charge in [-0.3, -0.25) is 5.43 Å². The van der Waals surface area contributed by atoms with Gasteiger partial charge in [-0.25, -0.2) is 15.8 Å². The second-order valence-electron chi connectivity index (χ2n) is 2.98. The predicted octanol–water partition coefficient (Wildman–Crippen LogP) is 2.48. The molecule has 0 spiro atoms. The molecule has 0 aromatic carbocycles. The molecule has 3 N–H and O–H groups in total. The van der Waals surface area contributed by atoms with Gasteiger partial charge in [0.25, 0.3) is 0 Å². The molecule has 80 valence electrons. The van der Waals surface area contributed by atoms with Crippen LogP contribution in [0, 0.1) is 0 Å². The standard InChI is InChI=1S/C9H12N4S2/c1-2-4-14-7-6-3-5-15-8(6)12-9(11-7)13-10/h3,5H,2,4,10H2,1H3,(H,11,12,13). The lowest BCUT2D eigenvalue weighted by molar-refractivity contribution is 1.06. The van der Waals surface area contributed by atoms with Crippen LogP contribution in [0.15, 0.2) is 16.5 Å². The van der Waals surface area contributed by atoms with Gasteiger partial charge in [0.1, 0.15) is 9.86 Å². The molecule has 0 atom stereocenters. The van der Waals surface area contributed by atoms with Crippen molar-refractivity contribution in [1.29, 1.82) is 0 Å². The van der Waals surface area contributed by atoms with Crippen molar-refractivity contribution in [2.45, 2.75) is 18.4 Å². The van der Waals surface area contributed by atoms with E-state index in [4.69, 9.17) is 5.84 Å². The first kappa shape index (κ1) is 10.7. The van der Waals surface area contributed by atoms with Crippen LogP contribution < -0.4 is 11.3 Å². The SMILES string of the molecule is CCCSc1nc(NN)nc2sccc12. The molecule has 0 radical (unpaired) electrons. The normalized spacial score (nSPS) is 10.8. The van der Waals surface area contributed by atoms with E-state index in [0.717, 1.165) is 27.4 Å².